The molecule has 2 aliphatic carbocycles. The fraction of sp³-hybridized carbons (Fsp3) is 0.0690. The van der Waals surface area contributed by atoms with E-state index in [1.807, 2.05) is 11.3 Å². The van der Waals surface area contributed by atoms with Crippen molar-refractivity contribution in [3.8, 4) is 44.8 Å². The molecule has 2 aliphatic rings. The number of thiophene rings is 1. The van der Waals surface area contributed by atoms with Gasteiger partial charge in [-0.1, -0.05) is 140 Å². The summed E-state index contributed by atoms with van der Waals surface area (Å²) >= 11 is 1.93. The Balaban J connectivity index is 1.01. The molecule has 2 atom stereocenters. The molecule has 3 heterocycles. The quantitative estimate of drug-likeness (QED) is 0.168. The number of para-hydroxylation sites is 3. The molecule has 12 aromatic rings. The summed E-state index contributed by atoms with van der Waals surface area (Å²) in [5.74, 6) is 0.490. The second-order valence-corrected chi connectivity index (χ2v) is 18.5. The van der Waals surface area contributed by atoms with Crippen LogP contribution >= 0.6 is 11.3 Å². The maximum absolute atomic E-state index is 2.53. The maximum atomic E-state index is 2.53. The Kier molecular flexibility index (Phi) is 6.72. The Morgan fingerprint density at radius 2 is 1.02 bits per heavy atom. The number of hydrogen-bond donors (Lipinski definition) is 0. The van der Waals surface area contributed by atoms with Gasteiger partial charge in [-0.3, -0.25) is 0 Å². The van der Waals surface area contributed by atoms with Gasteiger partial charge in [-0.25, -0.2) is 0 Å². The first-order chi connectivity index (χ1) is 30.1. The molecule has 0 spiro atoms. The van der Waals surface area contributed by atoms with Gasteiger partial charge in [0.2, 0.25) is 0 Å². The number of hydrogen-bond acceptors (Lipinski definition) is 1. The minimum Gasteiger partial charge on any atom is -0.309 e. The van der Waals surface area contributed by atoms with Crippen LogP contribution in [0.15, 0.2) is 194 Å². The second kappa shape index (κ2) is 12.2. The lowest BCUT2D eigenvalue weighted by Gasteiger charge is -2.28. The van der Waals surface area contributed by atoms with E-state index in [1.165, 1.54) is 126 Å². The van der Waals surface area contributed by atoms with Crippen molar-refractivity contribution in [2.75, 3.05) is 0 Å². The summed E-state index contributed by atoms with van der Waals surface area (Å²) in [4.78, 5) is 0. The molecule has 0 saturated heterocycles. The van der Waals surface area contributed by atoms with Gasteiger partial charge in [-0.05, 0) is 118 Å². The van der Waals surface area contributed by atoms with Gasteiger partial charge < -0.3 is 9.13 Å². The standard InChI is InChI=1S/C58H38N2S/c1-58-34-50(58)56-47(39-16-5-9-22-49(39)58)32-38(33-48(56)45-21-13-20-44-43-19-8-12-25-55(43)61-57(44)45)60-52-24-11-7-18-41(52)46-30-35(27-29-53(46)60)36-26-28-42-40-17-6-10-23-51(40)59(54(42)31-36)37-14-3-2-4-15-37/h2-33,50H,34H2,1H3. The van der Waals surface area contributed by atoms with Gasteiger partial charge in [0.25, 0.3) is 0 Å². The highest BCUT2D eigenvalue weighted by Crippen LogP contribution is 2.68. The van der Waals surface area contributed by atoms with Crippen LogP contribution in [0.4, 0.5) is 0 Å². The van der Waals surface area contributed by atoms with Crippen LogP contribution < -0.4 is 0 Å². The van der Waals surface area contributed by atoms with E-state index in [0.717, 1.165) is 0 Å². The number of aromatic nitrogens is 2. The van der Waals surface area contributed by atoms with Gasteiger partial charge >= 0.3 is 0 Å². The van der Waals surface area contributed by atoms with Crippen LogP contribution in [0.5, 0.6) is 0 Å². The number of rotatable bonds is 4. The minimum atomic E-state index is 0.162. The first-order valence-electron chi connectivity index (χ1n) is 21.4. The first-order valence-corrected chi connectivity index (χ1v) is 22.3. The summed E-state index contributed by atoms with van der Waals surface area (Å²) in [6.45, 7) is 2.49. The normalized spacial score (nSPS) is 16.8. The predicted octanol–water partition coefficient (Wildman–Crippen LogP) is 16.0. The second-order valence-electron chi connectivity index (χ2n) is 17.5. The molecule has 2 nitrogen and oxygen atoms in total. The highest BCUT2D eigenvalue weighted by molar-refractivity contribution is 7.26. The fourth-order valence-corrected chi connectivity index (χ4v) is 12.5. The van der Waals surface area contributed by atoms with E-state index < -0.39 is 0 Å². The largest absolute Gasteiger partial charge is 0.309 e. The van der Waals surface area contributed by atoms with E-state index in [2.05, 4.69) is 210 Å². The van der Waals surface area contributed by atoms with E-state index in [-0.39, 0.29) is 5.41 Å². The third kappa shape index (κ3) is 4.62. The van der Waals surface area contributed by atoms with Crippen molar-refractivity contribution in [1.29, 1.82) is 0 Å². The van der Waals surface area contributed by atoms with Gasteiger partial charge in [0.1, 0.15) is 0 Å². The molecule has 1 saturated carbocycles. The van der Waals surface area contributed by atoms with Crippen LogP contribution in [-0.4, -0.2) is 9.13 Å². The molecule has 3 aromatic heterocycles. The molecule has 0 aliphatic heterocycles. The van der Waals surface area contributed by atoms with Crippen molar-refractivity contribution < 1.29 is 0 Å². The fourth-order valence-electron chi connectivity index (χ4n) is 11.3. The van der Waals surface area contributed by atoms with E-state index in [9.17, 15) is 0 Å². The van der Waals surface area contributed by atoms with Crippen molar-refractivity contribution in [3.05, 3.63) is 205 Å². The molecule has 1 fully saturated rings. The van der Waals surface area contributed by atoms with E-state index in [1.54, 1.807) is 0 Å². The highest BCUT2D eigenvalue weighted by Gasteiger charge is 2.57. The first kappa shape index (κ1) is 33.6. The Bertz CT molecular complexity index is 3820. The Morgan fingerprint density at radius 1 is 0.426 bits per heavy atom. The maximum Gasteiger partial charge on any atom is 0.0547 e. The van der Waals surface area contributed by atoms with Crippen LogP contribution in [0.3, 0.4) is 0 Å². The number of nitrogens with zero attached hydrogens (tertiary/aromatic N) is 2. The van der Waals surface area contributed by atoms with Crippen LogP contribution in [-0.2, 0) is 5.41 Å². The average Bonchev–Trinajstić information content (AvgIpc) is 3.57. The van der Waals surface area contributed by atoms with Gasteiger partial charge in [-0.15, -0.1) is 11.3 Å². The molecular weight excluding hydrogens is 757 g/mol. The van der Waals surface area contributed by atoms with E-state index >= 15 is 0 Å². The van der Waals surface area contributed by atoms with E-state index in [4.69, 9.17) is 0 Å². The zero-order chi connectivity index (χ0) is 40.0. The molecule has 3 heteroatoms. The molecule has 2 unspecified atom stereocenters. The van der Waals surface area contributed by atoms with Gasteiger partial charge in [-0.2, -0.15) is 0 Å². The smallest absolute Gasteiger partial charge is 0.0547 e. The summed E-state index contributed by atoms with van der Waals surface area (Å²) in [5, 5.41) is 7.75. The highest BCUT2D eigenvalue weighted by atomic mass is 32.1. The predicted molar refractivity (Wildman–Crippen MR) is 259 cm³/mol. The molecule has 14 rings (SSSR count). The lowest BCUT2D eigenvalue weighted by molar-refractivity contribution is 0.742. The minimum absolute atomic E-state index is 0.162. The summed E-state index contributed by atoms with van der Waals surface area (Å²) in [5.41, 5.74) is 18.3. The van der Waals surface area contributed by atoms with Crippen molar-refractivity contribution >= 4 is 75.1 Å². The van der Waals surface area contributed by atoms with Crippen LogP contribution in [0.2, 0.25) is 0 Å². The third-order valence-corrected chi connectivity index (χ3v) is 15.4. The van der Waals surface area contributed by atoms with Gasteiger partial charge in [0.15, 0.2) is 0 Å². The van der Waals surface area contributed by atoms with Crippen molar-refractivity contribution in [1.82, 2.24) is 9.13 Å². The van der Waals surface area contributed by atoms with Gasteiger partial charge in [0, 0.05) is 58.5 Å². The zero-order valence-corrected chi connectivity index (χ0v) is 34.4. The van der Waals surface area contributed by atoms with Gasteiger partial charge in [0.05, 0.1) is 22.1 Å². The van der Waals surface area contributed by atoms with E-state index in [0.29, 0.717) is 5.92 Å². The molecule has 61 heavy (non-hydrogen) atoms. The third-order valence-electron chi connectivity index (χ3n) is 14.2. The SMILES string of the molecule is CC12CC1c1c(cc(-n3c4ccccc4c4cc(-c5ccc6c7ccccc7n(-c7ccccc7)c6c5)ccc43)cc1-c1cccc3c1sc1ccccc13)-c1ccccc12. The summed E-state index contributed by atoms with van der Waals surface area (Å²) in [6.07, 6.45) is 1.18. The Hall–Kier alpha value is -7.20. The van der Waals surface area contributed by atoms with Crippen LogP contribution in [0.25, 0.3) is 109 Å². The topological polar surface area (TPSA) is 9.86 Å². The monoisotopic (exact) mass is 794 g/mol. The molecule has 286 valence electrons. The zero-order valence-electron chi connectivity index (χ0n) is 33.6. The Morgan fingerprint density at radius 3 is 1.85 bits per heavy atom. The average molecular weight is 795 g/mol. The molecule has 0 amide bonds. The molecule has 0 radical (unpaired) electrons. The molecule has 9 aromatic carbocycles. The lowest BCUT2D eigenvalue weighted by atomic mass is 9.76. The van der Waals surface area contributed by atoms with Crippen molar-refractivity contribution in [3.63, 3.8) is 0 Å². The van der Waals surface area contributed by atoms with Crippen LogP contribution in [0.1, 0.15) is 30.4 Å². The molecule has 0 N–H and O–H groups in total. The summed E-state index contributed by atoms with van der Waals surface area (Å²) < 4.78 is 7.66. The van der Waals surface area contributed by atoms with Crippen molar-refractivity contribution in [2.24, 2.45) is 0 Å². The molecule has 0 bridgehead atoms. The Labute approximate surface area is 357 Å². The van der Waals surface area contributed by atoms with Crippen molar-refractivity contribution in [2.45, 2.75) is 24.7 Å². The lowest BCUT2D eigenvalue weighted by Crippen LogP contribution is -2.13. The summed E-state index contributed by atoms with van der Waals surface area (Å²) in [7, 11) is 0. The number of benzene rings is 9. The molecular formula is C58H38N2S. The van der Waals surface area contributed by atoms with Crippen LogP contribution in [0, 0.1) is 0 Å². The number of fused-ring (bicyclic) bond motifs is 15. The summed E-state index contributed by atoms with van der Waals surface area (Å²) in [6, 6.07) is 72.7.